The summed E-state index contributed by atoms with van der Waals surface area (Å²) < 4.78 is 0. The van der Waals surface area contributed by atoms with Crippen LogP contribution in [0.2, 0.25) is 5.02 Å². The molecule has 108 valence electrons. The number of carbonyl (C=O) groups excluding carboxylic acids is 1. The van der Waals surface area contributed by atoms with E-state index in [4.69, 9.17) is 22.4 Å². The van der Waals surface area contributed by atoms with E-state index < -0.39 is 5.97 Å². The standard InChI is InChI=1S/C15H13ClN2O3/c16-12-6-5-9(15(20)21)7-13(12)18-14(19)11-4-2-1-3-10(11)8-17/h1-7H,8,17H2,(H,18,19)(H,20,21). The molecule has 0 saturated carbocycles. The predicted octanol–water partition coefficient (Wildman–Crippen LogP) is 2.75. The van der Waals surface area contributed by atoms with E-state index in [1.165, 1.54) is 18.2 Å². The highest BCUT2D eigenvalue weighted by atomic mass is 35.5. The summed E-state index contributed by atoms with van der Waals surface area (Å²) in [6.45, 7) is 0.229. The Labute approximate surface area is 126 Å². The number of hydrogen-bond acceptors (Lipinski definition) is 3. The summed E-state index contributed by atoms with van der Waals surface area (Å²) in [7, 11) is 0. The first-order chi connectivity index (χ1) is 10.0. The lowest BCUT2D eigenvalue weighted by Gasteiger charge is -2.10. The van der Waals surface area contributed by atoms with Gasteiger partial charge in [0.1, 0.15) is 0 Å². The van der Waals surface area contributed by atoms with E-state index in [1.54, 1.807) is 24.3 Å². The topological polar surface area (TPSA) is 92.4 Å². The maximum atomic E-state index is 12.3. The van der Waals surface area contributed by atoms with E-state index in [9.17, 15) is 9.59 Å². The second kappa shape index (κ2) is 6.39. The highest BCUT2D eigenvalue weighted by molar-refractivity contribution is 6.34. The average molecular weight is 305 g/mol. The molecule has 1 amide bonds. The molecule has 0 fully saturated rings. The van der Waals surface area contributed by atoms with Crippen LogP contribution in [0.15, 0.2) is 42.5 Å². The Morgan fingerprint density at radius 2 is 1.90 bits per heavy atom. The fraction of sp³-hybridized carbons (Fsp3) is 0.0667. The van der Waals surface area contributed by atoms with E-state index in [1.807, 2.05) is 0 Å². The fourth-order valence-electron chi connectivity index (χ4n) is 1.86. The Bertz CT molecular complexity index is 701. The van der Waals surface area contributed by atoms with Gasteiger partial charge in [-0.05, 0) is 29.8 Å². The SMILES string of the molecule is NCc1ccccc1C(=O)Nc1cc(C(=O)O)ccc1Cl. The minimum absolute atomic E-state index is 0.0433. The predicted molar refractivity (Wildman–Crippen MR) is 80.7 cm³/mol. The van der Waals surface area contributed by atoms with Crippen LogP contribution in [0.25, 0.3) is 0 Å². The first-order valence-electron chi connectivity index (χ1n) is 6.15. The Morgan fingerprint density at radius 1 is 1.19 bits per heavy atom. The maximum absolute atomic E-state index is 12.3. The number of amides is 1. The molecule has 0 aliphatic heterocycles. The first-order valence-corrected chi connectivity index (χ1v) is 6.53. The lowest BCUT2D eigenvalue weighted by Crippen LogP contribution is -2.16. The van der Waals surface area contributed by atoms with Crippen LogP contribution in [0.1, 0.15) is 26.3 Å². The number of anilines is 1. The lowest BCUT2D eigenvalue weighted by atomic mass is 10.1. The van der Waals surface area contributed by atoms with Crippen LogP contribution >= 0.6 is 11.6 Å². The summed E-state index contributed by atoms with van der Waals surface area (Å²) >= 11 is 5.97. The van der Waals surface area contributed by atoms with Crippen LogP contribution < -0.4 is 11.1 Å². The number of carboxylic acids is 1. The molecular formula is C15H13ClN2O3. The van der Waals surface area contributed by atoms with Crippen molar-refractivity contribution < 1.29 is 14.7 Å². The molecule has 0 radical (unpaired) electrons. The zero-order valence-electron chi connectivity index (χ0n) is 11.0. The van der Waals surface area contributed by atoms with E-state index in [2.05, 4.69) is 5.32 Å². The van der Waals surface area contributed by atoms with Crippen LogP contribution in [0.4, 0.5) is 5.69 Å². The summed E-state index contributed by atoms with van der Waals surface area (Å²) in [6, 6.07) is 11.0. The van der Waals surface area contributed by atoms with Crippen LogP contribution in [0.5, 0.6) is 0 Å². The van der Waals surface area contributed by atoms with Crippen molar-refractivity contribution in [1.29, 1.82) is 0 Å². The molecule has 0 aliphatic carbocycles. The molecule has 21 heavy (non-hydrogen) atoms. The first kappa shape index (κ1) is 15.0. The van der Waals surface area contributed by atoms with Crippen LogP contribution in [0, 0.1) is 0 Å². The van der Waals surface area contributed by atoms with Crippen molar-refractivity contribution >= 4 is 29.2 Å². The van der Waals surface area contributed by atoms with Crippen LogP contribution in [0.3, 0.4) is 0 Å². The summed E-state index contributed by atoms with van der Waals surface area (Å²) in [5.41, 5.74) is 7.00. The monoisotopic (exact) mass is 304 g/mol. The van der Waals surface area contributed by atoms with Crippen molar-refractivity contribution in [3.8, 4) is 0 Å². The Kier molecular flexibility index (Phi) is 4.57. The van der Waals surface area contributed by atoms with Crippen molar-refractivity contribution in [3.05, 3.63) is 64.2 Å². The molecule has 0 unspecified atom stereocenters. The molecule has 2 aromatic rings. The Morgan fingerprint density at radius 3 is 2.57 bits per heavy atom. The van der Waals surface area contributed by atoms with Crippen molar-refractivity contribution in [2.45, 2.75) is 6.54 Å². The van der Waals surface area contributed by atoms with Crippen molar-refractivity contribution in [2.24, 2.45) is 5.73 Å². The molecule has 0 bridgehead atoms. The fourth-order valence-corrected chi connectivity index (χ4v) is 2.03. The van der Waals surface area contributed by atoms with Gasteiger partial charge in [-0.2, -0.15) is 0 Å². The van der Waals surface area contributed by atoms with Gasteiger partial charge >= 0.3 is 5.97 Å². The molecule has 0 atom stereocenters. The Balaban J connectivity index is 2.31. The third-order valence-electron chi connectivity index (χ3n) is 2.94. The van der Waals surface area contributed by atoms with Gasteiger partial charge in [0.15, 0.2) is 0 Å². The number of rotatable bonds is 4. The zero-order valence-corrected chi connectivity index (χ0v) is 11.7. The van der Waals surface area contributed by atoms with E-state index >= 15 is 0 Å². The number of carbonyl (C=O) groups is 2. The normalized spacial score (nSPS) is 10.2. The zero-order chi connectivity index (χ0) is 15.4. The van der Waals surface area contributed by atoms with Crippen molar-refractivity contribution in [3.63, 3.8) is 0 Å². The van der Waals surface area contributed by atoms with E-state index in [0.29, 0.717) is 11.1 Å². The lowest BCUT2D eigenvalue weighted by molar-refractivity contribution is 0.0696. The Hall–Kier alpha value is -2.37. The molecule has 0 heterocycles. The van der Waals surface area contributed by atoms with Crippen LogP contribution in [-0.4, -0.2) is 17.0 Å². The molecule has 0 aromatic heterocycles. The highest BCUT2D eigenvalue weighted by Crippen LogP contribution is 2.24. The number of nitrogens with two attached hydrogens (primary N) is 1. The second-order valence-electron chi connectivity index (χ2n) is 4.32. The number of carboxylic acid groups (broad SMARTS) is 1. The van der Waals surface area contributed by atoms with Gasteiger partial charge in [0, 0.05) is 12.1 Å². The molecule has 2 aromatic carbocycles. The third kappa shape index (κ3) is 3.39. The molecular weight excluding hydrogens is 292 g/mol. The quantitative estimate of drug-likeness (QED) is 0.809. The van der Waals surface area contributed by atoms with Crippen molar-refractivity contribution in [1.82, 2.24) is 0 Å². The molecule has 5 nitrogen and oxygen atoms in total. The van der Waals surface area contributed by atoms with E-state index in [0.717, 1.165) is 0 Å². The highest BCUT2D eigenvalue weighted by Gasteiger charge is 2.13. The van der Waals surface area contributed by atoms with Gasteiger partial charge in [0.05, 0.1) is 16.3 Å². The van der Waals surface area contributed by atoms with E-state index in [-0.39, 0.29) is 28.7 Å². The minimum atomic E-state index is -1.09. The molecule has 0 saturated heterocycles. The molecule has 0 spiro atoms. The molecule has 6 heteroatoms. The van der Waals surface area contributed by atoms with Crippen LogP contribution in [-0.2, 0) is 6.54 Å². The van der Waals surface area contributed by atoms with Gasteiger partial charge < -0.3 is 16.2 Å². The summed E-state index contributed by atoms with van der Waals surface area (Å²) in [4.78, 5) is 23.2. The van der Waals surface area contributed by atoms with Gasteiger partial charge in [-0.1, -0.05) is 29.8 Å². The average Bonchev–Trinajstić information content (AvgIpc) is 2.49. The maximum Gasteiger partial charge on any atom is 0.335 e. The number of halogens is 1. The van der Waals surface area contributed by atoms with Gasteiger partial charge in [0.25, 0.3) is 5.91 Å². The van der Waals surface area contributed by atoms with Crippen molar-refractivity contribution in [2.75, 3.05) is 5.32 Å². The number of benzene rings is 2. The number of nitrogens with one attached hydrogen (secondary N) is 1. The van der Waals surface area contributed by atoms with Gasteiger partial charge in [-0.15, -0.1) is 0 Å². The molecule has 0 aliphatic rings. The molecule has 2 rings (SSSR count). The van der Waals surface area contributed by atoms with Gasteiger partial charge in [-0.25, -0.2) is 4.79 Å². The summed E-state index contributed by atoms with van der Waals surface area (Å²) in [5, 5.41) is 11.8. The van der Waals surface area contributed by atoms with Gasteiger partial charge in [-0.3, -0.25) is 4.79 Å². The smallest absolute Gasteiger partial charge is 0.335 e. The summed E-state index contributed by atoms with van der Waals surface area (Å²) in [6.07, 6.45) is 0. The number of hydrogen-bond donors (Lipinski definition) is 3. The number of aromatic carboxylic acids is 1. The second-order valence-corrected chi connectivity index (χ2v) is 4.72. The molecule has 4 N–H and O–H groups in total. The third-order valence-corrected chi connectivity index (χ3v) is 3.27. The minimum Gasteiger partial charge on any atom is -0.478 e. The summed E-state index contributed by atoms with van der Waals surface area (Å²) in [5.74, 6) is -1.48. The largest absolute Gasteiger partial charge is 0.478 e. The van der Waals surface area contributed by atoms with Gasteiger partial charge in [0.2, 0.25) is 0 Å².